The molecule has 0 saturated heterocycles. The molecule has 22 heavy (non-hydrogen) atoms. The first-order valence-corrected chi connectivity index (χ1v) is 6.76. The molecule has 0 bridgehead atoms. The van der Waals surface area contributed by atoms with Crippen LogP contribution in [0.25, 0.3) is 5.65 Å². The van der Waals surface area contributed by atoms with Gasteiger partial charge in [-0.05, 0) is 28.1 Å². The molecule has 0 atom stereocenters. The highest BCUT2D eigenvalue weighted by molar-refractivity contribution is 5.54. The summed E-state index contributed by atoms with van der Waals surface area (Å²) in [7, 11) is 0. The molecule has 8 nitrogen and oxygen atoms in total. The Kier molecular flexibility index (Phi) is 2.97. The zero-order valence-corrected chi connectivity index (χ0v) is 11.5. The van der Waals surface area contributed by atoms with E-state index in [0.29, 0.717) is 11.5 Å². The number of nitrogens with zero attached hydrogens (tertiary/aromatic N) is 7. The van der Waals surface area contributed by atoms with Crippen molar-refractivity contribution in [1.82, 2.24) is 35.0 Å². The van der Waals surface area contributed by atoms with Crippen molar-refractivity contribution in [1.29, 1.82) is 0 Å². The topological polar surface area (TPSA) is 85.8 Å². The van der Waals surface area contributed by atoms with Crippen LogP contribution in [0.15, 0.2) is 54.9 Å². The molecule has 4 aromatic rings. The number of hydrogen-bond acceptors (Lipinski definition) is 6. The Labute approximate surface area is 125 Å². The van der Waals surface area contributed by atoms with Crippen molar-refractivity contribution in [3.05, 3.63) is 60.4 Å². The van der Waals surface area contributed by atoms with E-state index < -0.39 is 0 Å². The molecule has 0 aliphatic rings. The number of nitrogens with one attached hydrogen (secondary N) is 1. The second-order valence-corrected chi connectivity index (χ2v) is 4.78. The molecular weight excluding hydrogens is 280 g/mol. The van der Waals surface area contributed by atoms with Gasteiger partial charge in [-0.1, -0.05) is 30.3 Å². The summed E-state index contributed by atoms with van der Waals surface area (Å²) in [5.41, 5.74) is 2.66. The third-order valence-electron chi connectivity index (χ3n) is 3.16. The first kappa shape index (κ1) is 12.5. The van der Waals surface area contributed by atoms with E-state index in [1.807, 2.05) is 35.1 Å². The first-order chi connectivity index (χ1) is 10.9. The molecule has 3 heterocycles. The standard InChI is InChI=1S/C14H12N8/c1-2-4-11(5-3-1)9-21-10-12(8-15-21)16-13-6-7-14-17-19-20-22(14)18-13/h1-8,10H,9H2,(H,16,18). The van der Waals surface area contributed by atoms with Gasteiger partial charge in [0.25, 0.3) is 0 Å². The van der Waals surface area contributed by atoms with Crippen molar-refractivity contribution in [2.45, 2.75) is 6.54 Å². The Bertz CT molecular complexity index is 895. The first-order valence-electron chi connectivity index (χ1n) is 6.76. The van der Waals surface area contributed by atoms with Gasteiger partial charge in [0.05, 0.1) is 18.4 Å². The van der Waals surface area contributed by atoms with Crippen LogP contribution < -0.4 is 5.32 Å². The fourth-order valence-corrected chi connectivity index (χ4v) is 2.15. The Morgan fingerprint density at radius 2 is 1.95 bits per heavy atom. The van der Waals surface area contributed by atoms with Crippen LogP contribution in [0.4, 0.5) is 11.5 Å². The zero-order valence-electron chi connectivity index (χ0n) is 11.5. The van der Waals surface area contributed by atoms with Crippen molar-refractivity contribution in [2.24, 2.45) is 0 Å². The number of fused-ring (bicyclic) bond motifs is 1. The van der Waals surface area contributed by atoms with Gasteiger partial charge >= 0.3 is 0 Å². The molecule has 0 fully saturated rings. The van der Waals surface area contributed by atoms with E-state index in [2.05, 4.69) is 43.2 Å². The fraction of sp³-hybridized carbons (Fsp3) is 0.0714. The third kappa shape index (κ3) is 2.49. The van der Waals surface area contributed by atoms with Gasteiger partial charge in [-0.25, -0.2) is 0 Å². The summed E-state index contributed by atoms with van der Waals surface area (Å²) in [4.78, 5) is 0. The van der Waals surface area contributed by atoms with Gasteiger partial charge in [0, 0.05) is 6.20 Å². The smallest absolute Gasteiger partial charge is 0.200 e. The summed E-state index contributed by atoms with van der Waals surface area (Å²) in [6, 6.07) is 13.8. The van der Waals surface area contributed by atoms with Gasteiger partial charge in [-0.2, -0.15) is 5.10 Å². The lowest BCUT2D eigenvalue weighted by Gasteiger charge is -2.02. The maximum Gasteiger partial charge on any atom is 0.200 e. The molecule has 108 valence electrons. The van der Waals surface area contributed by atoms with Crippen LogP contribution in [0.2, 0.25) is 0 Å². The van der Waals surface area contributed by atoms with Gasteiger partial charge in [-0.3, -0.25) is 4.68 Å². The molecule has 4 rings (SSSR count). The van der Waals surface area contributed by atoms with Gasteiger partial charge < -0.3 is 5.32 Å². The third-order valence-corrected chi connectivity index (χ3v) is 3.16. The number of benzene rings is 1. The Balaban J connectivity index is 1.51. The molecule has 0 aliphatic carbocycles. The Morgan fingerprint density at radius 3 is 2.86 bits per heavy atom. The highest BCUT2D eigenvalue weighted by Crippen LogP contribution is 2.14. The molecule has 8 heteroatoms. The van der Waals surface area contributed by atoms with Gasteiger partial charge in [-0.15, -0.1) is 14.8 Å². The summed E-state index contributed by atoms with van der Waals surface area (Å²) in [5, 5.41) is 22.9. The van der Waals surface area contributed by atoms with Crippen LogP contribution >= 0.6 is 0 Å². The number of aromatic nitrogens is 7. The summed E-state index contributed by atoms with van der Waals surface area (Å²) in [6.45, 7) is 0.724. The van der Waals surface area contributed by atoms with E-state index in [-0.39, 0.29) is 0 Å². The Hall–Kier alpha value is -3.29. The molecule has 3 aromatic heterocycles. The molecule has 0 aliphatic heterocycles. The minimum absolute atomic E-state index is 0.602. The van der Waals surface area contributed by atoms with E-state index >= 15 is 0 Å². The normalized spacial score (nSPS) is 10.9. The van der Waals surface area contributed by atoms with E-state index in [1.54, 1.807) is 12.3 Å². The molecule has 0 radical (unpaired) electrons. The number of anilines is 2. The van der Waals surface area contributed by atoms with Gasteiger partial charge in [0.2, 0.25) is 0 Å². The second kappa shape index (κ2) is 5.24. The highest BCUT2D eigenvalue weighted by atomic mass is 15.6. The molecule has 0 spiro atoms. The molecule has 0 amide bonds. The lowest BCUT2D eigenvalue weighted by Crippen LogP contribution is -2.00. The van der Waals surface area contributed by atoms with E-state index in [9.17, 15) is 0 Å². The zero-order chi connectivity index (χ0) is 14.8. The van der Waals surface area contributed by atoms with Crippen molar-refractivity contribution >= 4 is 17.2 Å². The number of rotatable bonds is 4. The molecule has 1 aromatic carbocycles. The van der Waals surface area contributed by atoms with Crippen molar-refractivity contribution in [3.63, 3.8) is 0 Å². The van der Waals surface area contributed by atoms with E-state index in [0.717, 1.165) is 12.2 Å². The minimum Gasteiger partial charge on any atom is -0.336 e. The summed E-state index contributed by atoms with van der Waals surface area (Å²) >= 11 is 0. The average Bonchev–Trinajstić information content (AvgIpc) is 3.17. The number of hydrogen-bond donors (Lipinski definition) is 1. The van der Waals surface area contributed by atoms with Gasteiger partial charge in [0.1, 0.15) is 0 Å². The Morgan fingerprint density at radius 1 is 1.05 bits per heavy atom. The summed E-state index contributed by atoms with van der Waals surface area (Å²) in [5.74, 6) is 0.652. The van der Waals surface area contributed by atoms with Crippen LogP contribution in [0, 0.1) is 0 Å². The molecule has 1 N–H and O–H groups in total. The molecule has 0 unspecified atom stereocenters. The van der Waals surface area contributed by atoms with Crippen LogP contribution in [0.5, 0.6) is 0 Å². The molecular formula is C14H12N8. The maximum absolute atomic E-state index is 4.34. The SMILES string of the molecule is c1ccc(Cn2cc(Nc3ccc4nnnn4n3)cn2)cc1. The summed E-state index contributed by atoms with van der Waals surface area (Å²) in [6.07, 6.45) is 3.69. The van der Waals surface area contributed by atoms with Crippen molar-refractivity contribution in [3.8, 4) is 0 Å². The van der Waals surface area contributed by atoms with Crippen LogP contribution in [-0.4, -0.2) is 35.0 Å². The summed E-state index contributed by atoms with van der Waals surface area (Å²) < 4.78 is 3.24. The van der Waals surface area contributed by atoms with Crippen molar-refractivity contribution in [2.75, 3.05) is 5.32 Å². The maximum atomic E-state index is 4.34. The monoisotopic (exact) mass is 292 g/mol. The number of tetrazole rings is 1. The van der Waals surface area contributed by atoms with Gasteiger partial charge in [0.15, 0.2) is 11.5 Å². The predicted octanol–water partition coefficient (Wildman–Crippen LogP) is 1.51. The van der Waals surface area contributed by atoms with E-state index in [4.69, 9.17) is 0 Å². The van der Waals surface area contributed by atoms with Crippen LogP contribution in [0.1, 0.15) is 5.56 Å². The lowest BCUT2D eigenvalue weighted by molar-refractivity contribution is 0.687. The van der Waals surface area contributed by atoms with Crippen LogP contribution in [-0.2, 0) is 6.54 Å². The lowest BCUT2D eigenvalue weighted by atomic mass is 10.2. The highest BCUT2D eigenvalue weighted by Gasteiger charge is 2.03. The second-order valence-electron chi connectivity index (χ2n) is 4.78. The quantitative estimate of drug-likeness (QED) is 0.613. The molecule has 0 saturated carbocycles. The minimum atomic E-state index is 0.602. The average molecular weight is 292 g/mol. The van der Waals surface area contributed by atoms with Crippen LogP contribution in [0.3, 0.4) is 0 Å². The fourth-order valence-electron chi connectivity index (χ4n) is 2.15. The van der Waals surface area contributed by atoms with Crippen molar-refractivity contribution < 1.29 is 0 Å². The van der Waals surface area contributed by atoms with E-state index in [1.165, 1.54) is 10.2 Å². The predicted molar refractivity (Wildman–Crippen MR) is 79.6 cm³/mol. The largest absolute Gasteiger partial charge is 0.336 e.